The monoisotopic (exact) mass is 1030 g/mol. The Labute approximate surface area is 400 Å². The predicted molar refractivity (Wildman–Crippen MR) is 266 cm³/mol. The van der Waals surface area contributed by atoms with Gasteiger partial charge in [0.05, 0.1) is 0 Å². The Kier molecular flexibility index (Phi) is 12.0. The van der Waals surface area contributed by atoms with Gasteiger partial charge in [0.15, 0.2) is 0 Å². The molecule has 2 heterocycles. The summed E-state index contributed by atoms with van der Waals surface area (Å²) in [6, 6.07) is 88.1. The maximum atomic E-state index is 4.67. The molecular weight excluding hydrogens is 981 g/mol. The fraction of sp³-hybridized carbons (Fsp3) is 0.0492. The molecule has 0 saturated heterocycles. The van der Waals surface area contributed by atoms with Crippen molar-refractivity contribution in [2.75, 3.05) is 9.80 Å². The van der Waals surface area contributed by atoms with Crippen molar-refractivity contribution < 1.29 is 20.1 Å². The molecule has 0 atom stereocenters. The van der Waals surface area contributed by atoms with Crippen LogP contribution >= 0.6 is 0 Å². The molecule has 0 saturated carbocycles. The second kappa shape index (κ2) is 18.8. The molecule has 0 fully saturated rings. The maximum Gasteiger partial charge on any atom is 0.0465 e. The number of aromatic nitrogens is 2. The third-order valence-electron chi connectivity index (χ3n) is 12.6. The molecule has 2 aliphatic carbocycles. The van der Waals surface area contributed by atoms with E-state index in [2.05, 4.69) is 208 Å². The summed E-state index contributed by atoms with van der Waals surface area (Å²) in [4.78, 5) is 13.6. The summed E-state index contributed by atoms with van der Waals surface area (Å²) in [5.41, 5.74) is 18.7. The van der Waals surface area contributed by atoms with Crippen LogP contribution in [-0.4, -0.2) is 9.97 Å². The summed E-state index contributed by atoms with van der Waals surface area (Å²) in [5, 5.41) is 0. The number of anilines is 6. The normalized spacial score (nSPS) is 12.4. The van der Waals surface area contributed by atoms with E-state index in [1.54, 1.807) is 6.20 Å². The first-order chi connectivity index (χ1) is 32.2. The van der Waals surface area contributed by atoms with Gasteiger partial charge in [-0.2, -0.15) is 0 Å². The van der Waals surface area contributed by atoms with Crippen molar-refractivity contribution in [3.63, 3.8) is 0 Å². The quantitative estimate of drug-likeness (QED) is 0.142. The third-order valence-corrected chi connectivity index (χ3v) is 12.6. The molecule has 8 aromatic carbocycles. The molecule has 0 N–H and O–H groups in total. The first-order valence-corrected chi connectivity index (χ1v) is 22.1. The van der Waals surface area contributed by atoms with Crippen LogP contribution in [0.15, 0.2) is 243 Å². The minimum absolute atomic E-state index is 0. The summed E-state index contributed by atoms with van der Waals surface area (Å²) in [7, 11) is 0. The first-order valence-electron chi connectivity index (χ1n) is 22.1. The van der Waals surface area contributed by atoms with E-state index in [4.69, 9.17) is 0 Å². The predicted octanol–water partition coefficient (Wildman–Crippen LogP) is 15.1. The van der Waals surface area contributed by atoms with Gasteiger partial charge in [-0.3, -0.25) is 0 Å². The SMILES string of the molecule is [Ir].[c-]1cc2c(cc1-c1ccccn1)CC1(C2)c2cc(N(c3ccccc3)c3ccccc3)ccc2-c2ccc(N(c3ccccc3)c3ccccc3)cc21.[c-]1ccccc1-c1ccccn1. The summed E-state index contributed by atoms with van der Waals surface area (Å²) in [6.07, 6.45) is 5.45. The molecule has 5 heteroatoms. The van der Waals surface area contributed by atoms with Crippen molar-refractivity contribution in [3.05, 3.63) is 277 Å². The van der Waals surface area contributed by atoms with Crippen LogP contribution in [0.1, 0.15) is 22.3 Å². The Hall–Kier alpha value is -7.69. The van der Waals surface area contributed by atoms with Crippen molar-refractivity contribution >= 4 is 34.1 Å². The van der Waals surface area contributed by atoms with E-state index >= 15 is 0 Å². The number of benzene rings is 8. The van der Waals surface area contributed by atoms with Gasteiger partial charge in [-0.1, -0.05) is 109 Å². The zero-order chi connectivity index (χ0) is 43.4. The van der Waals surface area contributed by atoms with Crippen LogP contribution in [0.4, 0.5) is 34.1 Å². The number of hydrogen-bond donors (Lipinski definition) is 0. The van der Waals surface area contributed by atoms with Gasteiger partial charge < -0.3 is 19.8 Å². The molecule has 319 valence electrons. The fourth-order valence-electron chi connectivity index (χ4n) is 9.69. The Morgan fingerprint density at radius 1 is 0.379 bits per heavy atom. The minimum atomic E-state index is -0.256. The molecule has 2 aliphatic rings. The molecule has 0 amide bonds. The molecule has 0 unspecified atom stereocenters. The van der Waals surface area contributed by atoms with Crippen LogP contribution < -0.4 is 9.80 Å². The molecule has 4 nitrogen and oxygen atoms in total. The van der Waals surface area contributed by atoms with E-state index in [0.717, 1.165) is 69.5 Å². The Bertz CT molecular complexity index is 2940. The van der Waals surface area contributed by atoms with E-state index in [0.29, 0.717) is 0 Å². The average molecular weight is 1030 g/mol. The van der Waals surface area contributed by atoms with Crippen LogP contribution in [0.25, 0.3) is 33.6 Å². The van der Waals surface area contributed by atoms with Crippen LogP contribution in [0.3, 0.4) is 0 Å². The van der Waals surface area contributed by atoms with Gasteiger partial charge in [0, 0.05) is 72.0 Å². The van der Waals surface area contributed by atoms with Crippen LogP contribution in [0.2, 0.25) is 0 Å². The number of rotatable bonds is 8. The van der Waals surface area contributed by atoms with Gasteiger partial charge in [-0.05, 0) is 131 Å². The van der Waals surface area contributed by atoms with E-state index < -0.39 is 0 Å². The van der Waals surface area contributed by atoms with Gasteiger partial charge in [-0.15, -0.1) is 70.8 Å². The smallest absolute Gasteiger partial charge is 0.0465 e. The van der Waals surface area contributed by atoms with Crippen molar-refractivity contribution in [3.8, 4) is 33.6 Å². The number of fused-ring (bicyclic) bond motifs is 6. The van der Waals surface area contributed by atoms with Gasteiger partial charge in [-0.25, -0.2) is 0 Å². The molecule has 0 aliphatic heterocycles. The minimum Gasteiger partial charge on any atom is -0.310 e. The zero-order valence-electron chi connectivity index (χ0n) is 36.1. The second-order valence-electron chi connectivity index (χ2n) is 16.5. The van der Waals surface area contributed by atoms with Gasteiger partial charge >= 0.3 is 0 Å². The first kappa shape index (κ1) is 42.3. The van der Waals surface area contributed by atoms with Gasteiger partial charge in [0.25, 0.3) is 0 Å². The number of hydrogen-bond acceptors (Lipinski definition) is 4. The van der Waals surface area contributed by atoms with E-state index in [1.165, 1.54) is 33.4 Å². The topological polar surface area (TPSA) is 32.3 Å². The Morgan fingerprint density at radius 3 is 1.26 bits per heavy atom. The third kappa shape index (κ3) is 8.16. The van der Waals surface area contributed by atoms with E-state index in [1.807, 2.05) is 60.8 Å². The molecular formula is C61H44IrN4-2. The molecule has 12 rings (SSSR count). The van der Waals surface area contributed by atoms with Crippen molar-refractivity contribution in [2.45, 2.75) is 18.3 Å². The Balaban J connectivity index is 0.000000342. The molecule has 66 heavy (non-hydrogen) atoms. The molecule has 1 spiro atoms. The Morgan fingerprint density at radius 2 is 0.818 bits per heavy atom. The number of para-hydroxylation sites is 4. The fourth-order valence-corrected chi connectivity index (χ4v) is 9.69. The average Bonchev–Trinajstić information content (AvgIpc) is 3.90. The number of nitrogens with zero attached hydrogens (tertiary/aromatic N) is 4. The van der Waals surface area contributed by atoms with Crippen molar-refractivity contribution in [1.29, 1.82) is 0 Å². The zero-order valence-corrected chi connectivity index (χ0v) is 38.5. The summed E-state index contributed by atoms with van der Waals surface area (Å²) in [5.74, 6) is 0. The van der Waals surface area contributed by atoms with E-state index in [9.17, 15) is 0 Å². The van der Waals surface area contributed by atoms with Crippen LogP contribution in [0, 0.1) is 12.1 Å². The van der Waals surface area contributed by atoms with E-state index in [-0.39, 0.29) is 25.5 Å². The summed E-state index contributed by atoms with van der Waals surface area (Å²) >= 11 is 0. The van der Waals surface area contributed by atoms with Gasteiger partial charge in [0.2, 0.25) is 0 Å². The maximum absolute atomic E-state index is 4.67. The van der Waals surface area contributed by atoms with Crippen molar-refractivity contribution in [2.24, 2.45) is 0 Å². The summed E-state index contributed by atoms with van der Waals surface area (Å²) < 4.78 is 0. The molecule has 0 bridgehead atoms. The van der Waals surface area contributed by atoms with Gasteiger partial charge in [0.1, 0.15) is 0 Å². The molecule has 1 radical (unpaired) electrons. The number of pyridine rings is 2. The standard InChI is InChI=1S/C50H36N3.C11H8N.Ir/c1-5-15-39(16-6-1)52(40-17-7-2-8-18-40)43-26-28-45-46-29-27-44(53(41-19-9-3-10-20-41)42-21-11-4-12-22-42)33-48(46)50(47(45)32-43)34-37-25-24-36(31-38(37)35-50)49-23-13-14-30-51-49;1-2-6-10(7-3-1)11-8-4-5-9-12-11;/h1-23,25-33H,34-35H2;1-6,8-9H;/q2*-1;. The summed E-state index contributed by atoms with van der Waals surface area (Å²) in [6.45, 7) is 0. The molecule has 2 aromatic heterocycles. The van der Waals surface area contributed by atoms with Crippen molar-refractivity contribution in [1.82, 2.24) is 9.97 Å². The second-order valence-corrected chi connectivity index (χ2v) is 16.5. The molecule has 10 aromatic rings. The van der Waals surface area contributed by atoms with Crippen LogP contribution in [-0.2, 0) is 38.4 Å². The largest absolute Gasteiger partial charge is 0.310 e. The van der Waals surface area contributed by atoms with Crippen LogP contribution in [0.5, 0.6) is 0 Å².